The van der Waals surface area contributed by atoms with Crippen LogP contribution in [-0.2, 0) is 15.3 Å². The monoisotopic (exact) mass is 256 g/mol. The fraction of sp³-hybridized carbons (Fsp3) is 0.455. The van der Waals surface area contributed by atoms with Crippen molar-refractivity contribution in [3.8, 4) is 0 Å². The molecule has 14 heavy (non-hydrogen) atoms. The molecule has 0 amide bonds. The van der Waals surface area contributed by atoms with Gasteiger partial charge in [-0.2, -0.15) is 0 Å². The first-order valence-electron chi connectivity index (χ1n) is 4.68. The Labute approximate surface area is 92.3 Å². The number of ether oxygens (including phenoxy) is 2. The van der Waals surface area contributed by atoms with Gasteiger partial charge in [-0.15, -0.1) is 0 Å². The smallest absolute Gasteiger partial charge is 0.204 e. The van der Waals surface area contributed by atoms with Crippen LogP contribution in [0.25, 0.3) is 0 Å². The van der Waals surface area contributed by atoms with Gasteiger partial charge in [-0.05, 0) is 6.92 Å². The summed E-state index contributed by atoms with van der Waals surface area (Å²) in [6, 6.07) is 8.24. The summed E-state index contributed by atoms with van der Waals surface area (Å²) in [5.74, 6) is -0.563. The summed E-state index contributed by atoms with van der Waals surface area (Å²) in [6.07, 6.45) is 0. The van der Waals surface area contributed by atoms with Crippen molar-refractivity contribution in [2.75, 3.05) is 18.5 Å². The highest BCUT2D eigenvalue weighted by molar-refractivity contribution is 9.09. The van der Waals surface area contributed by atoms with Crippen LogP contribution in [-0.4, -0.2) is 18.5 Å². The molecule has 76 valence electrons. The quantitative estimate of drug-likeness (QED) is 0.758. The number of hydrogen-bond acceptors (Lipinski definition) is 2. The standard InChI is InChI=1S/C11H13BrO2/c1-9-3-2-4-10(7-9)11(8-12)13-5-6-14-11/h2-4,7H,5-6,8H2,1H3. The van der Waals surface area contributed by atoms with Crippen LogP contribution in [0.5, 0.6) is 0 Å². The van der Waals surface area contributed by atoms with E-state index in [1.165, 1.54) is 5.56 Å². The molecule has 1 aliphatic rings. The highest BCUT2D eigenvalue weighted by Gasteiger charge is 2.37. The molecule has 1 saturated heterocycles. The first-order valence-corrected chi connectivity index (χ1v) is 5.80. The maximum atomic E-state index is 5.66. The Morgan fingerprint density at radius 3 is 2.64 bits per heavy atom. The van der Waals surface area contributed by atoms with Crippen LogP contribution in [0.15, 0.2) is 24.3 Å². The second kappa shape index (κ2) is 4.01. The molecule has 0 N–H and O–H groups in total. The van der Waals surface area contributed by atoms with E-state index < -0.39 is 5.79 Å². The molecule has 0 aliphatic carbocycles. The highest BCUT2D eigenvalue weighted by Crippen LogP contribution is 2.33. The van der Waals surface area contributed by atoms with Gasteiger partial charge in [-0.1, -0.05) is 45.8 Å². The summed E-state index contributed by atoms with van der Waals surface area (Å²) in [5.41, 5.74) is 2.31. The molecule has 1 aromatic rings. The number of halogens is 1. The summed E-state index contributed by atoms with van der Waals surface area (Å²) in [7, 11) is 0. The number of aryl methyl sites for hydroxylation is 1. The van der Waals surface area contributed by atoms with E-state index in [-0.39, 0.29) is 0 Å². The first-order chi connectivity index (χ1) is 6.77. The van der Waals surface area contributed by atoms with Gasteiger partial charge in [0.1, 0.15) is 0 Å². The van der Waals surface area contributed by atoms with E-state index in [0.29, 0.717) is 18.5 Å². The summed E-state index contributed by atoms with van der Waals surface area (Å²) in [4.78, 5) is 0. The number of benzene rings is 1. The second-order valence-corrected chi connectivity index (χ2v) is 4.01. The number of hydrogen-bond donors (Lipinski definition) is 0. The molecule has 0 saturated carbocycles. The Morgan fingerprint density at radius 2 is 2.07 bits per heavy atom. The SMILES string of the molecule is Cc1cccc(C2(CBr)OCCO2)c1. The molecule has 0 unspecified atom stereocenters. The Kier molecular flexibility index (Phi) is 2.91. The summed E-state index contributed by atoms with van der Waals surface area (Å²) in [5, 5.41) is 0.670. The molecule has 0 bridgehead atoms. The minimum absolute atomic E-state index is 0.563. The molecule has 2 nitrogen and oxygen atoms in total. The molecule has 0 aromatic heterocycles. The molecule has 1 aliphatic heterocycles. The zero-order valence-corrected chi connectivity index (χ0v) is 9.71. The van der Waals surface area contributed by atoms with Gasteiger partial charge in [0.15, 0.2) is 0 Å². The van der Waals surface area contributed by atoms with Crippen molar-refractivity contribution in [1.82, 2.24) is 0 Å². The average Bonchev–Trinajstić information content (AvgIpc) is 2.67. The van der Waals surface area contributed by atoms with E-state index in [0.717, 1.165) is 5.56 Å². The van der Waals surface area contributed by atoms with Crippen LogP contribution >= 0.6 is 15.9 Å². The summed E-state index contributed by atoms with van der Waals surface area (Å²) in [6.45, 7) is 3.40. The van der Waals surface area contributed by atoms with Gasteiger partial charge in [-0.3, -0.25) is 0 Å². The van der Waals surface area contributed by atoms with Crippen LogP contribution in [0.2, 0.25) is 0 Å². The van der Waals surface area contributed by atoms with Gasteiger partial charge in [0.05, 0.1) is 18.5 Å². The second-order valence-electron chi connectivity index (χ2n) is 3.45. The predicted molar refractivity (Wildman–Crippen MR) is 58.6 cm³/mol. The van der Waals surface area contributed by atoms with Crippen LogP contribution < -0.4 is 0 Å². The molecular weight excluding hydrogens is 244 g/mol. The normalized spacial score (nSPS) is 19.9. The fourth-order valence-corrected chi connectivity index (χ4v) is 2.31. The molecule has 2 rings (SSSR count). The first kappa shape index (κ1) is 10.1. The lowest BCUT2D eigenvalue weighted by atomic mass is 10.1. The summed E-state index contributed by atoms with van der Waals surface area (Å²) >= 11 is 3.44. The Bertz CT molecular complexity index is 319. The van der Waals surface area contributed by atoms with Crippen molar-refractivity contribution in [3.63, 3.8) is 0 Å². The van der Waals surface area contributed by atoms with E-state index in [1.807, 2.05) is 12.1 Å². The molecule has 1 heterocycles. The topological polar surface area (TPSA) is 18.5 Å². The predicted octanol–water partition coefficient (Wildman–Crippen LogP) is 2.59. The zero-order valence-electron chi connectivity index (χ0n) is 8.13. The average molecular weight is 257 g/mol. The van der Waals surface area contributed by atoms with Crippen molar-refractivity contribution in [3.05, 3.63) is 35.4 Å². The molecule has 1 aromatic carbocycles. The summed E-state index contributed by atoms with van der Waals surface area (Å²) < 4.78 is 11.3. The van der Waals surface area contributed by atoms with E-state index >= 15 is 0 Å². The Morgan fingerprint density at radius 1 is 1.36 bits per heavy atom. The van der Waals surface area contributed by atoms with Gasteiger partial charge in [0.2, 0.25) is 5.79 Å². The fourth-order valence-electron chi connectivity index (χ4n) is 1.66. The third-order valence-corrected chi connectivity index (χ3v) is 3.13. The van der Waals surface area contributed by atoms with E-state index in [9.17, 15) is 0 Å². The molecule has 0 spiro atoms. The van der Waals surface area contributed by atoms with Gasteiger partial charge < -0.3 is 9.47 Å². The van der Waals surface area contributed by atoms with E-state index in [2.05, 4.69) is 35.0 Å². The van der Waals surface area contributed by atoms with Crippen molar-refractivity contribution in [2.24, 2.45) is 0 Å². The molecule has 1 fully saturated rings. The van der Waals surface area contributed by atoms with Crippen molar-refractivity contribution in [2.45, 2.75) is 12.7 Å². The van der Waals surface area contributed by atoms with Crippen LogP contribution in [0.4, 0.5) is 0 Å². The van der Waals surface area contributed by atoms with Gasteiger partial charge in [-0.25, -0.2) is 0 Å². The van der Waals surface area contributed by atoms with E-state index in [1.54, 1.807) is 0 Å². The lowest BCUT2D eigenvalue weighted by Gasteiger charge is -2.25. The van der Waals surface area contributed by atoms with Crippen molar-refractivity contribution in [1.29, 1.82) is 0 Å². The third-order valence-electron chi connectivity index (χ3n) is 2.39. The minimum atomic E-state index is -0.563. The van der Waals surface area contributed by atoms with E-state index in [4.69, 9.17) is 9.47 Å². The third kappa shape index (κ3) is 1.72. The molecule has 0 radical (unpaired) electrons. The zero-order chi connectivity index (χ0) is 10.0. The lowest BCUT2D eigenvalue weighted by Crippen LogP contribution is -2.28. The number of rotatable bonds is 2. The Hall–Kier alpha value is -0.380. The van der Waals surface area contributed by atoms with Crippen molar-refractivity contribution < 1.29 is 9.47 Å². The van der Waals surface area contributed by atoms with Crippen LogP contribution in [0, 0.1) is 6.92 Å². The largest absolute Gasteiger partial charge is 0.343 e. The molecular formula is C11H13BrO2. The maximum Gasteiger partial charge on any atom is 0.204 e. The maximum absolute atomic E-state index is 5.66. The van der Waals surface area contributed by atoms with Gasteiger partial charge >= 0.3 is 0 Å². The van der Waals surface area contributed by atoms with Crippen LogP contribution in [0.3, 0.4) is 0 Å². The highest BCUT2D eigenvalue weighted by atomic mass is 79.9. The molecule has 3 heteroatoms. The van der Waals surface area contributed by atoms with Gasteiger partial charge in [0, 0.05) is 5.56 Å². The number of alkyl halides is 1. The molecule has 0 atom stereocenters. The van der Waals surface area contributed by atoms with Crippen molar-refractivity contribution >= 4 is 15.9 Å². The lowest BCUT2D eigenvalue weighted by molar-refractivity contribution is -0.144. The Balaban J connectivity index is 2.35. The van der Waals surface area contributed by atoms with Gasteiger partial charge in [0.25, 0.3) is 0 Å². The van der Waals surface area contributed by atoms with Crippen LogP contribution in [0.1, 0.15) is 11.1 Å². The minimum Gasteiger partial charge on any atom is -0.343 e.